The van der Waals surface area contributed by atoms with Crippen molar-refractivity contribution in [2.45, 2.75) is 46.6 Å². The molecule has 1 aliphatic heterocycles. The van der Waals surface area contributed by atoms with Crippen molar-refractivity contribution >= 4 is 5.82 Å². The van der Waals surface area contributed by atoms with Crippen molar-refractivity contribution in [1.29, 1.82) is 0 Å². The van der Waals surface area contributed by atoms with Crippen LogP contribution >= 0.6 is 0 Å². The molecule has 0 atom stereocenters. The molecule has 1 fully saturated rings. The average Bonchev–Trinajstić information content (AvgIpc) is 3.00. The molecule has 1 aliphatic rings. The van der Waals surface area contributed by atoms with E-state index in [1.807, 2.05) is 13.8 Å². The van der Waals surface area contributed by atoms with Crippen molar-refractivity contribution in [3.63, 3.8) is 0 Å². The summed E-state index contributed by atoms with van der Waals surface area (Å²) in [6.45, 7) is 10.7. The Morgan fingerprint density at radius 2 is 1.88 bits per heavy atom. The molecule has 3 rings (SSSR count). The summed E-state index contributed by atoms with van der Waals surface area (Å²) >= 11 is 0. The quantitative estimate of drug-likeness (QED) is 0.803. The van der Waals surface area contributed by atoms with E-state index in [9.17, 15) is 0 Å². The molecular weight excluding hydrogens is 304 g/mol. The fourth-order valence-corrected chi connectivity index (χ4v) is 2.98. The van der Waals surface area contributed by atoms with Gasteiger partial charge in [0.25, 0.3) is 0 Å². The Kier molecular flexibility index (Phi) is 5.40. The summed E-state index contributed by atoms with van der Waals surface area (Å²) in [5.74, 6) is 3.42. The van der Waals surface area contributed by atoms with Gasteiger partial charge in [-0.3, -0.25) is 4.90 Å². The molecule has 0 saturated carbocycles. The van der Waals surface area contributed by atoms with E-state index in [-0.39, 0.29) is 0 Å². The van der Waals surface area contributed by atoms with Crippen LogP contribution in [0.15, 0.2) is 10.6 Å². The summed E-state index contributed by atoms with van der Waals surface area (Å²) in [4.78, 5) is 18.1. The van der Waals surface area contributed by atoms with Crippen LogP contribution < -0.4 is 4.90 Å². The van der Waals surface area contributed by atoms with Crippen LogP contribution in [0.4, 0.5) is 5.82 Å². The largest absolute Gasteiger partial charge is 0.354 e. The maximum absolute atomic E-state index is 5.31. The first-order chi connectivity index (χ1) is 11.6. The highest BCUT2D eigenvalue weighted by Crippen LogP contribution is 2.16. The van der Waals surface area contributed by atoms with Crippen LogP contribution in [-0.4, -0.2) is 51.2 Å². The van der Waals surface area contributed by atoms with Crippen LogP contribution in [0.1, 0.15) is 43.0 Å². The van der Waals surface area contributed by atoms with Crippen molar-refractivity contribution in [3.05, 3.63) is 29.3 Å². The molecule has 0 aromatic carbocycles. The predicted octanol–water partition coefficient (Wildman–Crippen LogP) is 2.14. The van der Waals surface area contributed by atoms with Crippen LogP contribution in [0.3, 0.4) is 0 Å². The molecule has 3 heterocycles. The zero-order valence-electron chi connectivity index (χ0n) is 14.8. The van der Waals surface area contributed by atoms with E-state index in [4.69, 9.17) is 4.52 Å². The summed E-state index contributed by atoms with van der Waals surface area (Å²) in [5, 5.41) is 4.10. The number of anilines is 1. The van der Waals surface area contributed by atoms with Crippen LogP contribution in [0.2, 0.25) is 0 Å². The third-order valence-electron chi connectivity index (χ3n) is 4.27. The summed E-state index contributed by atoms with van der Waals surface area (Å²) in [5.41, 5.74) is 1.02. The van der Waals surface area contributed by atoms with Gasteiger partial charge in [0, 0.05) is 44.4 Å². The maximum atomic E-state index is 5.31. The van der Waals surface area contributed by atoms with Gasteiger partial charge in [-0.05, 0) is 20.3 Å². The number of rotatable bonds is 6. The van der Waals surface area contributed by atoms with Gasteiger partial charge in [-0.2, -0.15) is 4.98 Å². The van der Waals surface area contributed by atoms with Gasteiger partial charge in [-0.25, -0.2) is 9.97 Å². The van der Waals surface area contributed by atoms with Crippen LogP contribution in [-0.2, 0) is 13.0 Å². The van der Waals surface area contributed by atoms with Gasteiger partial charge in [0.05, 0.1) is 6.54 Å². The lowest BCUT2D eigenvalue weighted by molar-refractivity contribution is 0.239. The second-order valence-corrected chi connectivity index (χ2v) is 6.39. The van der Waals surface area contributed by atoms with Gasteiger partial charge >= 0.3 is 0 Å². The first-order valence-electron chi connectivity index (χ1n) is 8.75. The third kappa shape index (κ3) is 4.29. The number of aryl methyl sites for hydroxylation is 3. The van der Waals surface area contributed by atoms with Gasteiger partial charge < -0.3 is 9.42 Å². The smallest absolute Gasteiger partial charge is 0.226 e. The van der Waals surface area contributed by atoms with Crippen molar-refractivity contribution in [2.75, 3.05) is 31.1 Å². The number of nitrogens with zero attached hydrogens (tertiary/aromatic N) is 6. The molecule has 0 aliphatic carbocycles. The molecule has 7 heteroatoms. The molecule has 7 nitrogen and oxygen atoms in total. The molecule has 0 spiro atoms. The number of aromatic nitrogens is 4. The highest BCUT2D eigenvalue weighted by Gasteiger charge is 2.20. The molecule has 1 saturated heterocycles. The van der Waals surface area contributed by atoms with E-state index in [1.165, 1.54) is 0 Å². The fourth-order valence-electron chi connectivity index (χ4n) is 2.98. The second kappa shape index (κ2) is 7.70. The lowest BCUT2D eigenvalue weighted by Gasteiger charge is -2.34. The molecule has 0 unspecified atom stereocenters. The monoisotopic (exact) mass is 330 g/mol. The number of unbranched alkanes of at least 4 members (excludes halogenated alkanes) is 1. The zero-order valence-corrected chi connectivity index (χ0v) is 14.8. The molecule has 130 valence electrons. The van der Waals surface area contributed by atoms with E-state index < -0.39 is 0 Å². The molecule has 0 radical (unpaired) electrons. The van der Waals surface area contributed by atoms with E-state index >= 15 is 0 Å². The van der Waals surface area contributed by atoms with Gasteiger partial charge in [-0.15, -0.1) is 0 Å². The Morgan fingerprint density at radius 3 is 2.58 bits per heavy atom. The zero-order chi connectivity index (χ0) is 16.9. The number of piperazine rings is 1. The summed E-state index contributed by atoms with van der Waals surface area (Å²) < 4.78 is 5.31. The molecule has 2 aromatic rings. The minimum absolute atomic E-state index is 0.755. The SMILES string of the molecule is CCCCc1nc(CN2CCN(c3cc(C)nc(C)n3)CC2)no1. The maximum Gasteiger partial charge on any atom is 0.226 e. The molecule has 0 bridgehead atoms. The van der Waals surface area contributed by atoms with Crippen LogP contribution in [0.25, 0.3) is 0 Å². The second-order valence-electron chi connectivity index (χ2n) is 6.39. The topological polar surface area (TPSA) is 71.2 Å². The molecular formula is C17H26N6O. The number of hydrogen-bond acceptors (Lipinski definition) is 7. The molecule has 24 heavy (non-hydrogen) atoms. The normalized spacial score (nSPS) is 15.9. The fraction of sp³-hybridized carbons (Fsp3) is 0.647. The van der Waals surface area contributed by atoms with E-state index in [1.54, 1.807) is 0 Å². The van der Waals surface area contributed by atoms with Crippen molar-refractivity contribution in [3.8, 4) is 0 Å². The highest BCUT2D eigenvalue weighted by molar-refractivity contribution is 5.40. The summed E-state index contributed by atoms with van der Waals surface area (Å²) in [6.07, 6.45) is 3.11. The third-order valence-corrected chi connectivity index (χ3v) is 4.27. The lowest BCUT2D eigenvalue weighted by atomic mass is 10.2. The Labute approximate surface area is 143 Å². The first kappa shape index (κ1) is 16.8. The first-order valence-corrected chi connectivity index (χ1v) is 8.75. The lowest BCUT2D eigenvalue weighted by Crippen LogP contribution is -2.46. The van der Waals surface area contributed by atoms with Gasteiger partial charge in [0.2, 0.25) is 5.89 Å². The van der Waals surface area contributed by atoms with Crippen molar-refractivity contribution in [2.24, 2.45) is 0 Å². The van der Waals surface area contributed by atoms with E-state index in [0.29, 0.717) is 0 Å². The minimum atomic E-state index is 0.755. The van der Waals surface area contributed by atoms with Crippen molar-refractivity contribution < 1.29 is 4.52 Å². The van der Waals surface area contributed by atoms with Gasteiger partial charge in [-0.1, -0.05) is 18.5 Å². The van der Waals surface area contributed by atoms with Crippen LogP contribution in [0.5, 0.6) is 0 Å². The average molecular weight is 330 g/mol. The highest BCUT2D eigenvalue weighted by atomic mass is 16.5. The predicted molar refractivity (Wildman–Crippen MR) is 91.9 cm³/mol. The minimum Gasteiger partial charge on any atom is -0.354 e. The number of hydrogen-bond donors (Lipinski definition) is 0. The summed E-state index contributed by atoms with van der Waals surface area (Å²) in [6, 6.07) is 2.06. The molecule has 2 aromatic heterocycles. The Bertz CT molecular complexity index is 643. The molecule has 0 N–H and O–H groups in total. The van der Waals surface area contributed by atoms with E-state index in [2.05, 4.69) is 42.9 Å². The summed E-state index contributed by atoms with van der Waals surface area (Å²) in [7, 11) is 0. The van der Waals surface area contributed by atoms with E-state index in [0.717, 1.165) is 81.0 Å². The standard InChI is InChI=1S/C17H26N6O/c1-4-5-6-17-20-15(21-24-17)12-22-7-9-23(10-8-22)16-11-13(2)18-14(3)19-16/h11H,4-10,12H2,1-3H3. The molecule has 0 amide bonds. The Morgan fingerprint density at radius 1 is 1.08 bits per heavy atom. The Hall–Kier alpha value is -2.02. The van der Waals surface area contributed by atoms with Crippen LogP contribution in [0, 0.1) is 13.8 Å². The van der Waals surface area contributed by atoms with Crippen molar-refractivity contribution in [1.82, 2.24) is 25.0 Å². The van der Waals surface area contributed by atoms with Gasteiger partial charge in [0.15, 0.2) is 5.82 Å². The Balaban J connectivity index is 1.52. The van der Waals surface area contributed by atoms with Gasteiger partial charge in [0.1, 0.15) is 11.6 Å².